The molecule has 0 radical (unpaired) electrons. The molecule has 0 aliphatic rings. The number of hydrogen-bond donors (Lipinski definition) is 1. The second kappa shape index (κ2) is 11.3. The fraction of sp³-hybridized carbons (Fsp3) is 0.684. The molecule has 0 bridgehead atoms. The molecular weight excluding hydrogens is 398 g/mol. The smallest absolute Gasteiger partial charge is 0.243 e. The summed E-state index contributed by atoms with van der Waals surface area (Å²) in [7, 11) is -7.29. The van der Waals surface area contributed by atoms with Crippen LogP contribution in [0.1, 0.15) is 47.5 Å². The van der Waals surface area contributed by atoms with Crippen LogP contribution in [0.2, 0.25) is 0 Å². The summed E-state index contributed by atoms with van der Waals surface area (Å²) in [6, 6.07) is 5.21. The van der Waals surface area contributed by atoms with Gasteiger partial charge in [0.05, 0.1) is 9.79 Å². The molecule has 1 atom stereocenters. The van der Waals surface area contributed by atoms with Crippen molar-refractivity contribution in [2.45, 2.75) is 63.3 Å². The van der Waals surface area contributed by atoms with E-state index in [0.717, 1.165) is 32.5 Å². The Kier molecular flexibility index (Phi) is 10.1. The van der Waals surface area contributed by atoms with Gasteiger partial charge in [0.15, 0.2) is 0 Å². The van der Waals surface area contributed by atoms with Crippen LogP contribution in [0.25, 0.3) is 0 Å². The average molecular weight is 434 g/mol. The van der Waals surface area contributed by atoms with Gasteiger partial charge in [-0.15, -0.1) is 0 Å². The molecule has 7 nitrogen and oxygen atoms in total. The Labute approximate surface area is 171 Å². The normalized spacial score (nSPS) is 14.0. The minimum absolute atomic E-state index is 0.0709. The molecule has 28 heavy (non-hydrogen) atoms. The minimum Gasteiger partial charge on any atom is -0.304 e. The molecule has 0 aliphatic heterocycles. The SMILES string of the molecule is CCN(CC)CCC[C@@H](C)NS(=O)(=O)c1ccc(S(=O)(=O)N(CC)CC)cc1. The van der Waals surface area contributed by atoms with E-state index in [1.165, 1.54) is 28.6 Å². The van der Waals surface area contributed by atoms with Crippen molar-refractivity contribution in [3.8, 4) is 0 Å². The van der Waals surface area contributed by atoms with Gasteiger partial charge in [-0.05, 0) is 63.7 Å². The molecule has 0 aromatic heterocycles. The Morgan fingerprint density at radius 2 is 1.36 bits per heavy atom. The fourth-order valence-electron chi connectivity index (χ4n) is 3.06. The molecule has 0 fully saturated rings. The van der Waals surface area contributed by atoms with E-state index < -0.39 is 20.0 Å². The average Bonchev–Trinajstić information content (AvgIpc) is 2.65. The van der Waals surface area contributed by atoms with E-state index >= 15 is 0 Å². The van der Waals surface area contributed by atoms with Crippen LogP contribution in [0.15, 0.2) is 34.1 Å². The predicted molar refractivity (Wildman–Crippen MR) is 113 cm³/mol. The van der Waals surface area contributed by atoms with Crippen molar-refractivity contribution in [1.82, 2.24) is 13.9 Å². The maximum atomic E-state index is 12.6. The van der Waals surface area contributed by atoms with Crippen LogP contribution < -0.4 is 4.72 Å². The van der Waals surface area contributed by atoms with Gasteiger partial charge < -0.3 is 4.90 Å². The molecule has 1 aromatic carbocycles. The summed E-state index contributed by atoms with van der Waals surface area (Å²) in [5.74, 6) is 0. The second-order valence-electron chi connectivity index (χ2n) is 6.75. The molecule has 162 valence electrons. The van der Waals surface area contributed by atoms with Crippen molar-refractivity contribution < 1.29 is 16.8 Å². The van der Waals surface area contributed by atoms with E-state index in [4.69, 9.17) is 0 Å². The zero-order valence-electron chi connectivity index (χ0n) is 17.7. The van der Waals surface area contributed by atoms with Crippen molar-refractivity contribution >= 4 is 20.0 Å². The molecule has 0 saturated heterocycles. The van der Waals surface area contributed by atoms with Crippen molar-refractivity contribution in [1.29, 1.82) is 0 Å². The zero-order valence-corrected chi connectivity index (χ0v) is 19.3. The Balaban J connectivity index is 2.79. The third kappa shape index (κ3) is 6.81. The molecule has 0 saturated carbocycles. The van der Waals surface area contributed by atoms with Gasteiger partial charge in [0.2, 0.25) is 20.0 Å². The maximum Gasteiger partial charge on any atom is 0.243 e. The first-order valence-corrected chi connectivity index (χ1v) is 12.9. The maximum absolute atomic E-state index is 12.6. The standard InChI is InChI=1S/C19H35N3O4S2/c1-6-21(7-2)16-10-11-17(5)20-27(23,24)18-12-14-19(15-13-18)28(25,26)22(8-3)9-4/h12-15,17,20H,6-11,16H2,1-5H3/t17-/m1/s1. The number of nitrogens with one attached hydrogen (secondary N) is 1. The molecule has 1 rings (SSSR count). The van der Waals surface area contributed by atoms with Gasteiger partial charge in [0, 0.05) is 19.1 Å². The summed E-state index contributed by atoms with van der Waals surface area (Å²) in [5, 5.41) is 0. The quantitative estimate of drug-likeness (QED) is 0.516. The third-order valence-corrected chi connectivity index (χ3v) is 8.51. The van der Waals surface area contributed by atoms with Crippen molar-refractivity contribution in [2.24, 2.45) is 0 Å². The van der Waals surface area contributed by atoms with Gasteiger partial charge in [-0.1, -0.05) is 27.7 Å². The largest absolute Gasteiger partial charge is 0.304 e. The summed E-state index contributed by atoms with van der Waals surface area (Å²) < 4.78 is 54.2. The molecule has 1 N–H and O–H groups in total. The summed E-state index contributed by atoms with van der Waals surface area (Å²) in [4.78, 5) is 2.47. The molecule has 9 heteroatoms. The number of nitrogens with zero attached hydrogens (tertiary/aromatic N) is 2. The van der Waals surface area contributed by atoms with E-state index in [1.807, 2.05) is 6.92 Å². The van der Waals surface area contributed by atoms with Crippen LogP contribution in [0.4, 0.5) is 0 Å². The lowest BCUT2D eigenvalue weighted by Gasteiger charge is -2.20. The topological polar surface area (TPSA) is 86.8 Å². The van der Waals surface area contributed by atoms with Crippen LogP contribution >= 0.6 is 0 Å². The number of rotatable bonds is 13. The molecule has 0 unspecified atom stereocenters. The Morgan fingerprint density at radius 1 is 0.857 bits per heavy atom. The lowest BCUT2D eigenvalue weighted by atomic mass is 10.2. The molecular formula is C19H35N3O4S2. The molecule has 1 aromatic rings. The lowest BCUT2D eigenvalue weighted by molar-refractivity contribution is 0.293. The summed E-state index contributed by atoms with van der Waals surface area (Å²) in [6.45, 7) is 13.3. The fourth-order valence-corrected chi connectivity index (χ4v) is 5.79. The number of benzene rings is 1. The molecule has 0 spiro atoms. The minimum atomic E-state index is -3.69. The molecule has 0 heterocycles. The second-order valence-corrected chi connectivity index (χ2v) is 10.4. The monoisotopic (exact) mass is 433 g/mol. The summed E-state index contributed by atoms with van der Waals surface area (Å²) in [6.07, 6.45) is 1.65. The highest BCUT2D eigenvalue weighted by Crippen LogP contribution is 2.18. The first kappa shape index (κ1) is 25.0. The predicted octanol–water partition coefficient (Wildman–Crippen LogP) is 2.51. The van der Waals surface area contributed by atoms with Gasteiger partial charge in [-0.2, -0.15) is 4.31 Å². The van der Waals surface area contributed by atoms with Crippen LogP contribution in [0, 0.1) is 0 Å². The van der Waals surface area contributed by atoms with Crippen LogP contribution in [-0.2, 0) is 20.0 Å². The molecule has 0 aliphatic carbocycles. The Morgan fingerprint density at radius 3 is 1.82 bits per heavy atom. The van der Waals surface area contributed by atoms with E-state index in [2.05, 4.69) is 23.5 Å². The highest BCUT2D eigenvalue weighted by atomic mass is 32.2. The van der Waals surface area contributed by atoms with Crippen LogP contribution in [-0.4, -0.2) is 64.8 Å². The van der Waals surface area contributed by atoms with Gasteiger partial charge in [-0.25, -0.2) is 21.6 Å². The van der Waals surface area contributed by atoms with E-state index in [0.29, 0.717) is 13.1 Å². The number of hydrogen-bond acceptors (Lipinski definition) is 5. The van der Waals surface area contributed by atoms with Crippen molar-refractivity contribution in [3.05, 3.63) is 24.3 Å². The first-order chi connectivity index (χ1) is 13.1. The van der Waals surface area contributed by atoms with Gasteiger partial charge in [0.25, 0.3) is 0 Å². The van der Waals surface area contributed by atoms with E-state index in [9.17, 15) is 16.8 Å². The van der Waals surface area contributed by atoms with Gasteiger partial charge in [-0.3, -0.25) is 0 Å². The van der Waals surface area contributed by atoms with Crippen LogP contribution in [0.3, 0.4) is 0 Å². The highest BCUT2D eigenvalue weighted by Gasteiger charge is 2.23. The summed E-state index contributed by atoms with van der Waals surface area (Å²) >= 11 is 0. The van der Waals surface area contributed by atoms with E-state index in [-0.39, 0.29) is 15.8 Å². The molecule has 0 amide bonds. The third-order valence-electron chi connectivity index (χ3n) is 4.84. The van der Waals surface area contributed by atoms with Gasteiger partial charge >= 0.3 is 0 Å². The van der Waals surface area contributed by atoms with E-state index in [1.54, 1.807) is 13.8 Å². The van der Waals surface area contributed by atoms with Crippen molar-refractivity contribution in [3.63, 3.8) is 0 Å². The number of sulfonamides is 2. The highest BCUT2D eigenvalue weighted by molar-refractivity contribution is 7.89. The van der Waals surface area contributed by atoms with Crippen LogP contribution in [0.5, 0.6) is 0 Å². The Bertz CT molecular complexity index is 785. The summed E-state index contributed by atoms with van der Waals surface area (Å²) in [5.41, 5.74) is 0. The van der Waals surface area contributed by atoms with Gasteiger partial charge in [0.1, 0.15) is 0 Å². The first-order valence-electron chi connectivity index (χ1n) is 9.97. The lowest BCUT2D eigenvalue weighted by Crippen LogP contribution is -2.34. The van der Waals surface area contributed by atoms with Crippen molar-refractivity contribution in [2.75, 3.05) is 32.7 Å². The zero-order chi connectivity index (χ0) is 21.4. The Hall–Kier alpha value is -1.00.